The van der Waals surface area contributed by atoms with Crippen molar-refractivity contribution >= 4 is 30.0 Å². The summed E-state index contributed by atoms with van der Waals surface area (Å²) in [4.78, 5) is 58.0. The highest BCUT2D eigenvalue weighted by atomic mass is 31.2. The predicted molar refractivity (Wildman–Crippen MR) is 95.3 cm³/mol. The van der Waals surface area contributed by atoms with E-state index in [1.807, 2.05) is 0 Å². The summed E-state index contributed by atoms with van der Waals surface area (Å²) in [6, 6.07) is 2.38. The van der Waals surface area contributed by atoms with E-state index >= 15 is 0 Å². The molecule has 0 bridgehead atoms. The molecule has 2 heterocycles. The first kappa shape index (κ1) is 19.2. The third-order valence-corrected chi connectivity index (χ3v) is 5.63. The molecular weight excluding hydrogens is 383 g/mol. The van der Waals surface area contributed by atoms with Crippen LogP contribution >= 0.6 is 7.60 Å². The second-order valence-corrected chi connectivity index (χ2v) is 7.99. The number of nitrogens with zero attached hydrogens (tertiary/aromatic N) is 3. The molecule has 1 unspecified atom stereocenters. The lowest BCUT2D eigenvalue weighted by Crippen LogP contribution is -2.39. The van der Waals surface area contributed by atoms with Gasteiger partial charge < -0.3 is 24.4 Å². The normalized spacial score (nSPS) is 16.5. The molecule has 12 nitrogen and oxygen atoms in total. The summed E-state index contributed by atoms with van der Waals surface area (Å²) in [5.74, 6) is -1.62. The van der Waals surface area contributed by atoms with E-state index in [0.717, 1.165) is 13.0 Å². The molecule has 3 N–H and O–H groups in total. The van der Waals surface area contributed by atoms with E-state index in [0.29, 0.717) is 30.9 Å². The number of anilines is 1. The van der Waals surface area contributed by atoms with Crippen molar-refractivity contribution in [2.75, 3.05) is 31.2 Å². The average molecular weight is 400 g/mol. The molecule has 1 aromatic carbocycles. The van der Waals surface area contributed by atoms with Gasteiger partial charge in [-0.25, -0.2) is 0 Å². The van der Waals surface area contributed by atoms with Crippen molar-refractivity contribution in [2.45, 2.75) is 12.7 Å². The second kappa shape index (κ2) is 6.89. The first-order valence-corrected chi connectivity index (χ1v) is 9.64. The van der Waals surface area contributed by atoms with E-state index in [9.17, 15) is 34.1 Å². The van der Waals surface area contributed by atoms with Crippen LogP contribution in [0.2, 0.25) is 0 Å². The van der Waals surface area contributed by atoms with Crippen molar-refractivity contribution in [3.05, 3.63) is 43.0 Å². The minimum atomic E-state index is -4.77. The maximum absolute atomic E-state index is 12.3. The Kier molecular flexibility index (Phi) is 4.91. The van der Waals surface area contributed by atoms with Crippen molar-refractivity contribution in [3.8, 4) is 0 Å². The first-order valence-electron chi connectivity index (χ1n) is 7.96. The summed E-state index contributed by atoms with van der Waals surface area (Å²) in [7, 11) is -4.77. The summed E-state index contributed by atoms with van der Waals surface area (Å²) in [5.41, 5.74) is -2.48. The summed E-state index contributed by atoms with van der Waals surface area (Å²) < 4.78 is 17.6. The van der Waals surface area contributed by atoms with Gasteiger partial charge in [0.05, 0.1) is 29.2 Å². The van der Waals surface area contributed by atoms with Crippen LogP contribution in [-0.4, -0.2) is 50.6 Å². The van der Waals surface area contributed by atoms with Gasteiger partial charge in [0, 0.05) is 19.2 Å². The zero-order valence-electron chi connectivity index (χ0n) is 14.2. The number of nitrogens with one attached hydrogen (secondary N) is 1. The van der Waals surface area contributed by atoms with Gasteiger partial charge in [0.2, 0.25) is 0 Å². The number of nitro benzene ring substituents is 1. The highest BCUT2D eigenvalue weighted by Crippen LogP contribution is 2.48. The van der Waals surface area contributed by atoms with E-state index in [2.05, 4.69) is 4.98 Å². The Morgan fingerprint density at radius 1 is 1.30 bits per heavy atom. The molecule has 1 fully saturated rings. The molecule has 146 valence electrons. The van der Waals surface area contributed by atoms with Gasteiger partial charge in [-0.2, -0.15) is 0 Å². The number of morpholine rings is 1. The SMILES string of the molecule is CC(n1c(=O)c(=O)[nH]c2cc([N+](=O)[O-])c(N3CCOCC3)cc21)P(=O)(O)O. The fourth-order valence-electron chi connectivity index (χ4n) is 2.98. The number of fused-ring (bicyclic) bond motifs is 1. The molecule has 0 saturated carbocycles. The van der Waals surface area contributed by atoms with E-state index in [4.69, 9.17) is 4.74 Å². The average Bonchev–Trinajstić information content (AvgIpc) is 2.61. The molecule has 1 aliphatic rings. The van der Waals surface area contributed by atoms with Crippen molar-refractivity contribution in [1.82, 2.24) is 9.55 Å². The van der Waals surface area contributed by atoms with Gasteiger partial charge in [-0.05, 0) is 13.0 Å². The van der Waals surface area contributed by atoms with Gasteiger partial charge in [-0.15, -0.1) is 0 Å². The first-order chi connectivity index (χ1) is 12.6. The smallest absolute Gasteiger partial charge is 0.347 e. The molecule has 3 rings (SSSR count). The number of hydrogen-bond donors (Lipinski definition) is 3. The lowest BCUT2D eigenvalue weighted by atomic mass is 10.2. The monoisotopic (exact) mass is 400 g/mol. The Morgan fingerprint density at radius 3 is 2.48 bits per heavy atom. The third-order valence-electron chi connectivity index (χ3n) is 4.42. The Hall–Kier alpha value is -2.53. The highest BCUT2D eigenvalue weighted by Gasteiger charge is 2.31. The van der Waals surface area contributed by atoms with Crippen molar-refractivity contribution in [3.63, 3.8) is 0 Å². The van der Waals surface area contributed by atoms with Gasteiger partial charge in [0.1, 0.15) is 11.5 Å². The van der Waals surface area contributed by atoms with Gasteiger partial charge in [-0.3, -0.25) is 28.8 Å². The van der Waals surface area contributed by atoms with E-state index in [1.54, 1.807) is 4.90 Å². The molecule has 0 aliphatic carbocycles. The number of rotatable bonds is 4. The number of ether oxygens (including phenoxy) is 1. The maximum atomic E-state index is 12.3. The Balaban J connectivity index is 2.37. The van der Waals surface area contributed by atoms with Crippen LogP contribution in [0.5, 0.6) is 0 Å². The van der Waals surface area contributed by atoms with Crippen LogP contribution in [0.15, 0.2) is 21.7 Å². The number of nitro groups is 1. The standard InChI is InChI=1S/C14H17N4O8P/c1-8(27(23,24)25)17-10-7-11(16-2-4-26-5-3-16)12(18(21)22)6-9(10)15-13(19)14(17)20/h6-8H,2-5H2,1H3,(H,15,19)(H2,23,24,25). The van der Waals surface area contributed by atoms with Gasteiger partial charge >= 0.3 is 18.7 Å². The van der Waals surface area contributed by atoms with Gasteiger partial charge in [0.15, 0.2) is 0 Å². The van der Waals surface area contributed by atoms with E-state index in [-0.39, 0.29) is 22.4 Å². The molecule has 1 aliphatic heterocycles. The van der Waals surface area contributed by atoms with Crippen molar-refractivity contribution < 1.29 is 24.0 Å². The van der Waals surface area contributed by atoms with Crippen LogP contribution in [-0.2, 0) is 9.30 Å². The molecule has 13 heteroatoms. The van der Waals surface area contributed by atoms with Crippen LogP contribution in [0, 0.1) is 10.1 Å². The molecule has 27 heavy (non-hydrogen) atoms. The summed E-state index contributed by atoms with van der Waals surface area (Å²) >= 11 is 0. The molecule has 1 saturated heterocycles. The quantitative estimate of drug-likeness (QED) is 0.279. The van der Waals surface area contributed by atoms with Crippen LogP contribution in [0.4, 0.5) is 11.4 Å². The number of hydrogen-bond acceptors (Lipinski definition) is 7. The third kappa shape index (κ3) is 3.52. The second-order valence-electron chi connectivity index (χ2n) is 6.06. The number of aromatic amines is 1. The minimum absolute atomic E-state index is 0.0116. The Morgan fingerprint density at radius 2 is 1.93 bits per heavy atom. The van der Waals surface area contributed by atoms with E-state index in [1.165, 1.54) is 6.07 Å². The van der Waals surface area contributed by atoms with Crippen LogP contribution in [0.25, 0.3) is 11.0 Å². The topological polar surface area (TPSA) is 168 Å². The van der Waals surface area contributed by atoms with Crippen LogP contribution < -0.4 is 16.0 Å². The fraction of sp³-hybridized carbons (Fsp3) is 0.429. The molecular formula is C14H17N4O8P. The molecule has 1 atom stereocenters. The lowest BCUT2D eigenvalue weighted by molar-refractivity contribution is -0.384. The van der Waals surface area contributed by atoms with Gasteiger partial charge in [0.25, 0.3) is 5.69 Å². The van der Waals surface area contributed by atoms with E-state index < -0.39 is 29.4 Å². The highest BCUT2D eigenvalue weighted by molar-refractivity contribution is 7.51. The minimum Gasteiger partial charge on any atom is -0.378 e. The maximum Gasteiger partial charge on any atom is 0.347 e. The van der Waals surface area contributed by atoms with Crippen LogP contribution in [0.3, 0.4) is 0 Å². The molecule has 0 radical (unpaired) electrons. The lowest BCUT2D eigenvalue weighted by Gasteiger charge is -2.29. The van der Waals surface area contributed by atoms with Crippen molar-refractivity contribution in [2.24, 2.45) is 0 Å². The Labute approximate surface area is 151 Å². The van der Waals surface area contributed by atoms with Crippen LogP contribution in [0.1, 0.15) is 12.7 Å². The summed E-state index contributed by atoms with van der Waals surface area (Å²) in [5, 5.41) is 11.5. The number of aromatic nitrogens is 2. The number of H-pyrrole nitrogens is 1. The molecule has 1 aromatic heterocycles. The zero-order chi connectivity index (χ0) is 19.9. The van der Waals surface area contributed by atoms with Gasteiger partial charge in [-0.1, -0.05) is 0 Å². The summed E-state index contributed by atoms with van der Waals surface area (Å²) in [6.07, 6.45) is 0. The molecule has 2 aromatic rings. The zero-order valence-corrected chi connectivity index (χ0v) is 15.1. The Bertz CT molecular complexity index is 1070. The fourth-order valence-corrected chi connectivity index (χ4v) is 3.52. The number of benzene rings is 1. The molecule has 0 spiro atoms. The van der Waals surface area contributed by atoms with Crippen molar-refractivity contribution in [1.29, 1.82) is 0 Å². The molecule has 0 amide bonds. The summed E-state index contributed by atoms with van der Waals surface area (Å²) in [6.45, 7) is 2.55. The predicted octanol–water partition coefficient (Wildman–Crippen LogP) is 0.131. The largest absolute Gasteiger partial charge is 0.378 e.